The molecule has 0 saturated heterocycles. The lowest BCUT2D eigenvalue weighted by molar-refractivity contribution is 0.411. The first-order chi connectivity index (χ1) is 9.31. The average molecular weight is 263 g/mol. The lowest BCUT2D eigenvalue weighted by Crippen LogP contribution is -2.22. The quantitative estimate of drug-likeness (QED) is 0.617. The predicted molar refractivity (Wildman–Crippen MR) is 82.8 cm³/mol. The number of ether oxygens (including phenoxy) is 1. The van der Waals surface area contributed by atoms with E-state index in [9.17, 15) is 0 Å². The van der Waals surface area contributed by atoms with Crippen LogP contribution in [0.15, 0.2) is 24.3 Å². The molecule has 1 aromatic carbocycles. The van der Waals surface area contributed by atoms with Crippen molar-refractivity contribution in [3.8, 4) is 5.75 Å². The second-order valence-electron chi connectivity index (χ2n) is 5.13. The maximum Gasteiger partial charge on any atom is 0.119 e. The number of methoxy groups -OCH3 is 1. The summed E-state index contributed by atoms with van der Waals surface area (Å²) in [7, 11) is 1.73. The van der Waals surface area contributed by atoms with Crippen molar-refractivity contribution < 1.29 is 4.74 Å². The van der Waals surface area contributed by atoms with Gasteiger partial charge in [0, 0.05) is 6.04 Å². The molecule has 0 aliphatic carbocycles. The third kappa shape index (κ3) is 6.11. The van der Waals surface area contributed by atoms with E-state index in [-0.39, 0.29) is 0 Å². The van der Waals surface area contributed by atoms with Crippen LogP contribution in [-0.4, -0.2) is 13.7 Å². The molecule has 0 bridgehead atoms. The van der Waals surface area contributed by atoms with E-state index in [1.807, 2.05) is 6.07 Å². The van der Waals surface area contributed by atoms with Gasteiger partial charge < -0.3 is 10.1 Å². The van der Waals surface area contributed by atoms with Crippen molar-refractivity contribution in [1.82, 2.24) is 5.32 Å². The van der Waals surface area contributed by atoms with Crippen molar-refractivity contribution in [1.29, 1.82) is 0 Å². The number of rotatable bonds is 10. The topological polar surface area (TPSA) is 21.3 Å². The van der Waals surface area contributed by atoms with Crippen LogP contribution in [0.1, 0.15) is 64.0 Å². The largest absolute Gasteiger partial charge is 0.497 e. The molecular weight excluding hydrogens is 234 g/mol. The summed E-state index contributed by atoms with van der Waals surface area (Å²) < 4.78 is 5.32. The Kier molecular flexibility index (Phi) is 8.31. The van der Waals surface area contributed by atoms with Crippen molar-refractivity contribution in [3.63, 3.8) is 0 Å². The molecule has 0 amide bonds. The van der Waals surface area contributed by atoms with Gasteiger partial charge in [0.2, 0.25) is 0 Å². The zero-order valence-electron chi connectivity index (χ0n) is 12.7. The molecule has 2 heteroatoms. The molecule has 0 fully saturated rings. The molecule has 1 aromatic rings. The van der Waals surface area contributed by atoms with Crippen LogP contribution in [-0.2, 0) is 0 Å². The molecule has 0 aromatic heterocycles. The van der Waals surface area contributed by atoms with E-state index < -0.39 is 0 Å². The van der Waals surface area contributed by atoms with Crippen LogP contribution in [0.3, 0.4) is 0 Å². The minimum absolute atomic E-state index is 0.465. The highest BCUT2D eigenvalue weighted by atomic mass is 16.5. The fraction of sp³-hybridized carbons (Fsp3) is 0.647. The van der Waals surface area contributed by atoms with Crippen LogP contribution < -0.4 is 10.1 Å². The summed E-state index contributed by atoms with van der Waals surface area (Å²) in [6.45, 7) is 5.55. The molecule has 19 heavy (non-hydrogen) atoms. The van der Waals surface area contributed by atoms with Crippen molar-refractivity contribution >= 4 is 0 Å². The molecule has 0 aliphatic heterocycles. The first-order valence-electron chi connectivity index (χ1n) is 7.69. The summed E-state index contributed by atoms with van der Waals surface area (Å²) >= 11 is 0. The standard InChI is InChI=1S/C17H29NO/c1-4-6-7-8-12-17(18-13-5-2)15-10-9-11-16(14-15)19-3/h9-11,14,17-18H,4-8,12-13H2,1-3H3. The molecule has 0 heterocycles. The van der Waals surface area contributed by atoms with Crippen molar-refractivity contribution in [3.05, 3.63) is 29.8 Å². The molecule has 108 valence electrons. The van der Waals surface area contributed by atoms with Gasteiger partial charge in [-0.1, -0.05) is 51.7 Å². The molecule has 1 rings (SSSR count). The number of unbranched alkanes of at least 4 members (excludes halogenated alkanes) is 3. The maximum atomic E-state index is 5.32. The Bertz CT molecular complexity index is 338. The first kappa shape index (κ1) is 16.0. The smallest absolute Gasteiger partial charge is 0.119 e. The average Bonchev–Trinajstić information content (AvgIpc) is 2.46. The normalized spacial score (nSPS) is 12.4. The minimum atomic E-state index is 0.465. The van der Waals surface area contributed by atoms with E-state index in [1.165, 1.54) is 44.1 Å². The highest BCUT2D eigenvalue weighted by Gasteiger charge is 2.10. The summed E-state index contributed by atoms with van der Waals surface area (Å²) in [4.78, 5) is 0. The summed E-state index contributed by atoms with van der Waals surface area (Å²) in [5.41, 5.74) is 1.35. The zero-order chi connectivity index (χ0) is 13.9. The second-order valence-corrected chi connectivity index (χ2v) is 5.13. The third-order valence-corrected chi connectivity index (χ3v) is 3.48. The molecule has 2 nitrogen and oxygen atoms in total. The molecular formula is C17H29NO. The fourth-order valence-electron chi connectivity index (χ4n) is 2.34. The van der Waals surface area contributed by atoms with Crippen LogP contribution in [0, 0.1) is 0 Å². The lowest BCUT2D eigenvalue weighted by Gasteiger charge is -2.19. The molecule has 0 spiro atoms. The van der Waals surface area contributed by atoms with Gasteiger partial charge in [0.1, 0.15) is 5.75 Å². The van der Waals surface area contributed by atoms with Crippen LogP contribution in [0.25, 0.3) is 0 Å². The maximum absolute atomic E-state index is 5.32. The van der Waals surface area contributed by atoms with Crippen LogP contribution in [0.2, 0.25) is 0 Å². The van der Waals surface area contributed by atoms with Gasteiger partial charge in [-0.2, -0.15) is 0 Å². The molecule has 1 unspecified atom stereocenters. The monoisotopic (exact) mass is 263 g/mol. The molecule has 0 saturated carbocycles. The molecule has 1 atom stereocenters. The molecule has 0 aliphatic rings. The Hall–Kier alpha value is -1.02. The van der Waals surface area contributed by atoms with Gasteiger partial charge in [0.25, 0.3) is 0 Å². The number of nitrogens with one attached hydrogen (secondary N) is 1. The van der Waals surface area contributed by atoms with Crippen molar-refractivity contribution in [2.45, 2.75) is 58.4 Å². The number of hydrogen-bond donors (Lipinski definition) is 1. The van der Waals surface area contributed by atoms with Gasteiger partial charge in [-0.25, -0.2) is 0 Å². The van der Waals surface area contributed by atoms with Gasteiger partial charge >= 0.3 is 0 Å². The van der Waals surface area contributed by atoms with E-state index in [0.717, 1.165) is 12.3 Å². The van der Waals surface area contributed by atoms with Gasteiger partial charge in [-0.05, 0) is 37.1 Å². The van der Waals surface area contributed by atoms with Gasteiger partial charge in [-0.15, -0.1) is 0 Å². The number of hydrogen-bond acceptors (Lipinski definition) is 2. The Morgan fingerprint density at radius 1 is 1.11 bits per heavy atom. The van der Waals surface area contributed by atoms with Crippen molar-refractivity contribution in [2.75, 3.05) is 13.7 Å². The number of benzene rings is 1. The highest BCUT2D eigenvalue weighted by molar-refractivity contribution is 5.30. The lowest BCUT2D eigenvalue weighted by atomic mass is 9.99. The van der Waals surface area contributed by atoms with E-state index in [2.05, 4.69) is 37.4 Å². The summed E-state index contributed by atoms with van der Waals surface area (Å²) in [5.74, 6) is 0.953. The summed E-state index contributed by atoms with van der Waals surface area (Å²) in [6.07, 6.45) is 7.67. The third-order valence-electron chi connectivity index (χ3n) is 3.48. The zero-order valence-corrected chi connectivity index (χ0v) is 12.7. The SMILES string of the molecule is CCCCCCC(NCCC)c1cccc(OC)c1. The summed E-state index contributed by atoms with van der Waals surface area (Å²) in [5, 5.41) is 3.66. The van der Waals surface area contributed by atoms with Crippen LogP contribution in [0.4, 0.5) is 0 Å². The minimum Gasteiger partial charge on any atom is -0.497 e. The van der Waals surface area contributed by atoms with E-state index in [4.69, 9.17) is 4.74 Å². The fourth-order valence-corrected chi connectivity index (χ4v) is 2.34. The van der Waals surface area contributed by atoms with E-state index >= 15 is 0 Å². The molecule has 1 N–H and O–H groups in total. The Labute approximate surface area is 118 Å². The van der Waals surface area contributed by atoms with Gasteiger partial charge in [0.05, 0.1) is 7.11 Å². The predicted octanol–water partition coefficient (Wildman–Crippen LogP) is 4.71. The van der Waals surface area contributed by atoms with Crippen LogP contribution in [0.5, 0.6) is 5.75 Å². The Morgan fingerprint density at radius 3 is 2.63 bits per heavy atom. The molecule has 0 radical (unpaired) electrons. The van der Waals surface area contributed by atoms with E-state index in [0.29, 0.717) is 6.04 Å². The van der Waals surface area contributed by atoms with Gasteiger partial charge in [0.15, 0.2) is 0 Å². The van der Waals surface area contributed by atoms with E-state index in [1.54, 1.807) is 7.11 Å². The highest BCUT2D eigenvalue weighted by Crippen LogP contribution is 2.23. The van der Waals surface area contributed by atoms with Crippen LogP contribution >= 0.6 is 0 Å². The Balaban J connectivity index is 2.60. The second kappa shape index (κ2) is 9.85. The van der Waals surface area contributed by atoms with Crippen molar-refractivity contribution in [2.24, 2.45) is 0 Å². The Morgan fingerprint density at radius 2 is 1.95 bits per heavy atom. The first-order valence-corrected chi connectivity index (χ1v) is 7.69. The van der Waals surface area contributed by atoms with Gasteiger partial charge in [-0.3, -0.25) is 0 Å². The summed E-state index contributed by atoms with van der Waals surface area (Å²) in [6, 6.07) is 8.92.